The number of carbonyl (C=O) groups excluding carboxylic acids is 1. The Hall–Kier alpha value is -2.66. The quantitative estimate of drug-likeness (QED) is 0.149. The van der Waals surface area contributed by atoms with Gasteiger partial charge >= 0.3 is 0 Å². The Labute approximate surface area is 205 Å². The maximum absolute atomic E-state index is 13.1. The number of aromatic nitrogens is 1. The predicted molar refractivity (Wildman–Crippen MR) is 126 cm³/mol. The number of benzene rings is 2. The van der Waals surface area contributed by atoms with E-state index in [1.54, 1.807) is 23.5 Å². The normalized spacial score (nSPS) is 10.8. The molecule has 32 heavy (non-hydrogen) atoms. The molecule has 0 saturated carbocycles. The van der Waals surface area contributed by atoms with Gasteiger partial charge < -0.3 is 5.11 Å². The number of hydrogen-bond acceptors (Lipinski definition) is 4. The van der Waals surface area contributed by atoms with Crippen LogP contribution in [0.4, 0.5) is 4.39 Å². The summed E-state index contributed by atoms with van der Waals surface area (Å²) in [5.41, 5.74) is 6.25. The number of aliphatic hydroxyl groups is 1. The number of aliphatic hydroxyl groups excluding tert-OH is 1. The first-order valence-electron chi connectivity index (χ1n) is 9.76. The standard InChI is InChI=1S/C21H15FNS.C5H8O2.Ir/c1-13-9-14(2)11-16(10-13)18-7-8-20-19(23-18)12-21(24-20)15-3-5-17(22)6-4-15;1-4(6)3-5(2)7;/h3-10,12H,1-2H3;3,6H,1-2H3;/q-1;;/b;4-3-;. The smallest absolute Gasteiger partial charge is 0.155 e. The Bertz CT molecular complexity index is 1240. The minimum Gasteiger partial charge on any atom is -0.512 e. The molecular formula is C26H23FIrNO2S-. The number of allylic oxidation sites excluding steroid dienone is 2. The molecule has 0 spiro atoms. The predicted octanol–water partition coefficient (Wildman–Crippen LogP) is 7.22. The number of rotatable bonds is 3. The minimum absolute atomic E-state index is 0. The van der Waals surface area contributed by atoms with E-state index in [4.69, 9.17) is 10.1 Å². The molecule has 2 aromatic heterocycles. The summed E-state index contributed by atoms with van der Waals surface area (Å²) < 4.78 is 14.2. The van der Waals surface area contributed by atoms with Gasteiger partial charge in [0, 0.05) is 31.1 Å². The van der Waals surface area contributed by atoms with Crippen molar-refractivity contribution in [3.05, 3.63) is 89.4 Å². The molecule has 0 fully saturated rings. The van der Waals surface area contributed by atoms with E-state index in [9.17, 15) is 9.18 Å². The van der Waals surface area contributed by atoms with Gasteiger partial charge in [-0.05, 0) is 49.4 Å². The molecule has 0 aliphatic rings. The minimum atomic E-state index is -0.217. The molecule has 0 bridgehead atoms. The third-order valence-electron chi connectivity index (χ3n) is 4.34. The van der Waals surface area contributed by atoms with Crippen LogP contribution in [-0.2, 0) is 24.9 Å². The van der Waals surface area contributed by atoms with E-state index in [1.165, 1.54) is 37.6 Å². The number of thiophene rings is 1. The summed E-state index contributed by atoms with van der Waals surface area (Å²) in [6, 6.07) is 20.4. The molecule has 0 aliphatic carbocycles. The number of halogens is 1. The van der Waals surface area contributed by atoms with Crippen LogP contribution in [0.25, 0.3) is 31.9 Å². The number of aryl methyl sites for hydroxylation is 2. The van der Waals surface area contributed by atoms with Gasteiger partial charge in [-0.25, -0.2) is 4.39 Å². The fraction of sp³-hybridized carbons (Fsp3) is 0.154. The Morgan fingerprint density at radius 3 is 2.31 bits per heavy atom. The number of nitrogens with zero attached hydrogens (tertiary/aromatic N) is 1. The zero-order valence-corrected chi connectivity index (χ0v) is 21.4. The van der Waals surface area contributed by atoms with E-state index in [0.29, 0.717) is 0 Å². The Kier molecular flexibility index (Phi) is 9.02. The molecule has 1 N–H and O–H groups in total. The van der Waals surface area contributed by atoms with Gasteiger partial charge in [0.25, 0.3) is 0 Å². The van der Waals surface area contributed by atoms with E-state index in [-0.39, 0.29) is 37.5 Å². The fourth-order valence-corrected chi connectivity index (χ4v) is 4.16. The number of hydrogen-bond donors (Lipinski definition) is 1. The number of pyridine rings is 1. The van der Waals surface area contributed by atoms with Crippen molar-refractivity contribution in [1.82, 2.24) is 4.98 Å². The first-order chi connectivity index (χ1) is 14.7. The van der Waals surface area contributed by atoms with Gasteiger partial charge in [0.2, 0.25) is 0 Å². The van der Waals surface area contributed by atoms with Gasteiger partial charge in [-0.3, -0.25) is 9.78 Å². The summed E-state index contributed by atoms with van der Waals surface area (Å²) in [5.74, 6) is -0.280. The van der Waals surface area contributed by atoms with E-state index in [1.807, 2.05) is 13.0 Å². The third-order valence-corrected chi connectivity index (χ3v) is 5.48. The van der Waals surface area contributed by atoms with E-state index in [0.717, 1.165) is 37.5 Å². The number of carbonyl (C=O) groups is 1. The van der Waals surface area contributed by atoms with Gasteiger partial charge in [0.1, 0.15) is 5.82 Å². The summed E-state index contributed by atoms with van der Waals surface area (Å²) in [4.78, 5) is 15.9. The fourth-order valence-electron chi connectivity index (χ4n) is 3.16. The Balaban J connectivity index is 0.000000398. The number of fused-ring (bicyclic) bond motifs is 1. The van der Waals surface area contributed by atoms with Crippen LogP contribution in [0.3, 0.4) is 0 Å². The molecule has 1 radical (unpaired) electrons. The molecule has 6 heteroatoms. The molecule has 0 unspecified atom stereocenters. The molecular weight excluding hydrogens is 602 g/mol. The van der Waals surface area contributed by atoms with Crippen molar-refractivity contribution < 1.29 is 34.4 Å². The van der Waals surface area contributed by atoms with Crippen molar-refractivity contribution in [2.24, 2.45) is 0 Å². The van der Waals surface area contributed by atoms with Gasteiger partial charge in [-0.15, -0.1) is 46.2 Å². The average Bonchev–Trinajstić information content (AvgIpc) is 3.10. The zero-order chi connectivity index (χ0) is 22.5. The van der Waals surface area contributed by atoms with Gasteiger partial charge in [0.05, 0.1) is 16.0 Å². The van der Waals surface area contributed by atoms with Crippen LogP contribution in [0.5, 0.6) is 0 Å². The molecule has 0 atom stereocenters. The number of ketones is 1. The summed E-state index contributed by atoms with van der Waals surface area (Å²) in [6.07, 6.45) is 1.17. The van der Waals surface area contributed by atoms with E-state index >= 15 is 0 Å². The average molecular weight is 625 g/mol. The van der Waals surface area contributed by atoms with E-state index in [2.05, 4.69) is 37.3 Å². The van der Waals surface area contributed by atoms with Crippen LogP contribution in [0.15, 0.2) is 66.4 Å². The summed E-state index contributed by atoms with van der Waals surface area (Å²) in [7, 11) is 0. The first kappa shape index (κ1) is 25.6. The Morgan fingerprint density at radius 2 is 1.75 bits per heavy atom. The molecule has 0 aliphatic heterocycles. The third kappa shape index (κ3) is 6.92. The molecule has 4 aromatic rings. The molecule has 167 valence electrons. The van der Waals surface area contributed by atoms with Crippen molar-refractivity contribution in [3.8, 4) is 21.7 Å². The SMILES string of the molecule is CC(=O)/C=C(/C)O.Cc1[c-]c(-c2ccc3sc(-c4ccc(F)cc4)cc3n2)cc(C)c1.[Ir]. The van der Waals surface area contributed by atoms with Gasteiger partial charge in [-0.2, -0.15) is 0 Å². The van der Waals surface area contributed by atoms with Crippen LogP contribution in [0.1, 0.15) is 25.0 Å². The second kappa shape index (κ2) is 11.3. The van der Waals surface area contributed by atoms with Crippen LogP contribution < -0.4 is 0 Å². The van der Waals surface area contributed by atoms with Crippen LogP contribution in [0, 0.1) is 25.7 Å². The van der Waals surface area contributed by atoms with Crippen LogP contribution >= 0.6 is 11.3 Å². The van der Waals surface area contributed by atoms with Crippen molar-refractivity contribution in [2.45, 2.75) is 27.7 Å². The van der Waals surface area contributed by atoms with Gasteiger partial charge in [0.15, 0.2) is 5.78 Å². The monoisotopic (exact) mass is 625 g/mol. The first-order valence-corrected chi connectivity index (χ1v) is 10.6. The zero-order valence-electron chi connectivity index (χ0n) is 18.2. The second-order valence-electron chi connectivity index (χ2n) is 7.35. The van der Waals surface area contributed by atoms with E-state index < -0.39 is 0 Å². The molecule has 4 rings (SSSR count). The second-order valence-corrected chi connectivity index (χ2v) is 8.43. The maximum Gasteiger partial charge on any atom is 0.155 e. The molecule has 2 aromatic carbocycles. The summed E-state index contributed by atoms with van der Waals surface area (Å²) in [6.45, 7) is 6.98. The molecule has 3 nitrogen and oxygen atoms in total. The van der Waals surface area contributed by atoms with Crippen molar-refractivity contribution in [2.75, 3.05) is 0 Å². The molecule has 2 heterocycles. The van der Waals surface area contributed by atoms with Crippen molar-refractivity contribution in [3.63, 3.8) is 0 Å². The maximum atomic E-state index is 13.1. The largest absolute Gasteiger partial charge is 0.512 e. The topological polar surface area (TPSA) is 50.2 Å². The summed E-state index contributed by atoms with van der Waals surface area (Å²) >= 11 is 1.67. The van der Waals surface area contributed by atoms with Gasteiger partial charge in [-0.1, -0.05) is 32.0 Å². The van der Waals surface area contributed by atoms with Crippen LogP contribution in [-0.4, -0.2) is 15.9 Å². The molecule has 0 amide bonds. The van der Waals surface area contributed by atoms with Crippen molar-refractivity contribution >= 4 is 27.3 Å². The van der Waals surface area contributed by atoms with Crippen molar-refractivity contribution in [1.29, 1.82) is 0 Å². The summed E-state index contributed by atoms with van der Waals surface area (Å²) in [5, 5.41) is 8.36. The van der Waals surface area contributed by atoms with Crippen LogP contribution in [0.2, 0.25) is 0 Å². The molecule has 0 saturated heterocycles. The Morgan fingerprint density at radius 1 is 1.06 bits per heavy atom.